The van der Waals surface area contributed by atoms with Crippen LogP contribution in [0.15, 0.2) is 66.7 Å². The summed E-state index contributed by atoms with van der Waals surface area (Å²) in [5, 5.41) is 2.74. The molecule has 0 aliphatic carbocycles. The van der Waals surface area contributed by atoms with Gasteiger partial charge >= 0.3 is 12.1 Å². The van der Waals surface area contributed by atoms with Gasteiger partial charge in [0.15, 0.2) is 5.01 Å². The molecule has 43 heavy (non-hydrogen) atoms. The van der Waals surface area contributed by atoms with Gasteiger partial charge in [-0.2, -0.15) is 13.2 Å². The molecule has 8 nitrogen and oxygen atoms in total. The maximum atomic E-state index is 13.0. The summed E-state index contributed by atoms with van der Waals surface area (Å²) in [4.78, 5) is 29.7. The number of carbonyl (C=O) groups is 2. The van der Waals surface area contributed by atoms with E-state index in [0.717, 1.165) is 38.9 Å². The predicted molar refractivity (Wildman–Crippen MR) is 162 cm³/mol. The van der Waals surface area contributed by atoms with Gasteiger partial charge in [0.1, 0.15) is 11.6 Å². The summed E-state index contributed by atoms with van der Waals surface area (Å²) in [7, 11) is 0. The molecule has 1 aromatic heterocycles. The van der Waals surface area contributed by atoms with E-state index in [1.807, 2.05) is 0 Å². The number of halogens is 3. The Labute approximate surface area is 253 Å². The lowest BCUT2D eigenvalue weighted by Gasteiger charge is -2.33. The van der Waals surface area contributed by atoms with Crippen LogP contribution in [0.4, 0.5) is 24.5 Å². The number of esters is 1. The Balaban J connectivity index is 1.49. The number of alkyl halides is 3. The van der Waals surface area contributed by atoms with Crippen LogP contribution in [0.2, 0.25) is 0 Å². The quantitative estimate of drug-likeness (QED) is 0.153. The number of ether oxygens (including phenoxy) is 1. The van der Waals surface area contributed by atoms with E-state index in [1.165, 1.54) is 6.07 Å². The minimum atomic E-state index is -4.50. The minimum Gasteiger partial charge on any atom is -0.458 e. The number of benzene rings is 3. The second-order valence-corrected chi connectivity index (χ2v) is 12.9. The van der Waals surface area contributed by atoms with Crippen molar-refractivity contribution >= 4 is 56.1 Å². The summed E-state index contributed by atoms with van der Waals surface area (Å²) in [6.07, 6.45) is -4.50. The molecule has 0 fully saturated rings. The SMILES string of the molecule is CC(C)C(C(=O)OC(C)(C)C)N(c1ccc(-c2ccc(NC(=O)c3nc4cc(C(F)(F)F)ccc4s3)cc2)cc1)S(=O)O. The molecule has 0 spiro atoms. The summed E-state index contributed by atoms with van der Waals surface area (Å²) >= 11 is -1.51. The van der Waals surface area contributed by atoms with Crippen LogP contribution in [0.5, 0.6) is 0 Å². The molecule has 2 atom stereocenters. The Morgan fingerprint density at radius 1 is 0.977 bits per heavy atom. The number of nitrogens with zero attached hydrogens (tertiary/aromatic N) is 2. The molecule has 2 N–H and O–H groups in total. The van der Waals surface area contributed by atoms with E-state index in [4.69, 9.17) is 4.74 Å². The molecule has 4 aromatic rings. The fourth-order valence-electron chi connectivity index (χ4n) is 4.28. The Kier molecular flexibility index (Phi) is 9.28. The highest BCUT2D eigenvalue weighted by Crippen LogP contribution is 2.33. The zero-order chi connectivity index (χ0) is 31.7. The zero-order valence-corrected chi connectivity index (χ0v) is 25.6. The highest BCUT2D eigenvalue weighted by molar-refractivity contribution is 7.80. The Morgan fingerprint density at radius 3 is 2.07 bits per heavy atom. The number of hydrogen-bond acceptors (Lipinski definition) is 6. The van der Waals surface area contributed by atoms with Crippen LogP contribution < -0.4 is 9.62 Å². The third-order valence-electron chi connectivity index (χ3n) is 6.21. The van der Waals surface area contributed by atoms with Crippen LogP contribution in [0.1, 0.15) is 50.0 Å². The van der Waals surface area contributed by atoms with Gasteiger partial charge in [-0.25, -0.2) is 14.0 Å². The van der Waals surface area contributed by atoms with Gasteiger partial charge in [-0.1, -0.05) is 38.1 Å². The fraction of sp³-hybridized carbons (Fsp3) is 0.300. The van der Waals surface area contributed by atoms with Gasteiger partial charge in [-0.3, -0.25) is 13.7 Å². The number of anilines is 2. The van der Waals surface area contributed by atoms with Crippen LogP contribution in [0, 0.1) is 5.92 Å². The summed E-state index contributed by atoms with van der Waals surface area (Å²) in [6, 6.07) is 15.8. The highest BCUT2D eigenvalue weighted by atomic mass is 32.2. The van der Waals surface area contributed by atoms with Gasteiger partial charge in [0.2, 0.25) is 0 Å². The maximum absolute atomic E-state index is 13.0. The second kappa shape index (κ2) is 12.4. The highest BCUT2D eigenvalue weighted by Gasteiger charge is 2.36. The van der Waals surface area contributed by atoms with Crippen molar-refractivity contribution in [3.63, 3.8) is 0 Å². The smallest absolute Gasteiger partial charge is 0.416 e. The van der Waals surface area contributed by atoms with E-state index in [2.05, 4.69) is 10.3 Å². The monoisotopic (exact) mass is 633 g/mol. The summed E-state index contributed by atoms with van der Waals surface area (Å²) in [5.74, 6) is -1.48. The van der Waals surface area contributed by atoms with Gasteiger partial charge in [-0.05, 0) is 80.3 Å². The number of carbonyl (C=O) groups excluding carboxylic acids is 2. The van der Waals surface area contributed by atoms with Gasteiger partial charge < -0.3 is 10.1 Å². The molecule has 0 aliphatic heterocycles. The summed E-state index contributed by atoms with van der Waals surface area (Å²) in [5.41, 5.74) is 0.871. The first kappa shape index (κ1) is 32.1. The number of fused-ring (bicyclic) bond motifs is 1. The normalized spacial score (nSPS) is 13.5. The molecule has 0 radical (unpaired) electrons. The molecule has 0 aliphatic rings. The predicted octanol–water partition coefficient (Wildman–Crippen LogP) is 7.54. The van der Waals surface area contributed by atoms with E-state index in [0.29, 0.717) is 16.1 Å². The Morgan fingerprint density at radius 2 is 1.56 bits per heavy atom. The zero-order valence-electron chi connectivity index (χ0n) is 23.9. The fourth-order valence-corrected chi connectivity index (χ4v) is 5.95. The first-order valence-corrected chi connectivity index (χ1v) is 15.0. The molecule has 228 valence electrons. The second-order valence-electron chi connectivity index (χ2n) is 11.1. The van der Waals surface area contributed by atoms with Crippen LogP contribution in [-0.2, 0) is 27.0 Å². The van der Waals surface area contributed by atoms with E-state index in [1.54, 1.807) is 83.1 Å². The number of rotatable bonds is 8. The molecule has 1 amide bonds. The van der Waals surface area contributed by atoms with Crippen LogP contribution in [0.3, 0.4) is 0 Å². The first-order valence-electron chi connectivity index (χ1n) is 13.2. The summed E-state index contributed by atoms with van der Waals surface area (Å²) in [6.45, 7) is 8.72. The lowest BCUT2D eigenvalue weighted by molar-refractivity contribution is -0.157. The lowest BCUT2D eigenvalue weighted by atomic mass is 10.0. The van der Waals surface area contributed by atoms with Crippen molar-refractivity contribution in [1.82, 2.24) is 4.98 Å². The molecule has 3 aromatic carbocycles. The Bertz CT molecular complexity index is 1650. The minimum absolute atomic E-state index is 0.0332. The van der Waals surface area contributed by atoms with Crippen LogP contribution in [-0.4, -0.2) is 37.3 Å². The van der Waals surface area contributed by atoms with Crippen molar-refractivity contribution in [2.75, 3.05) is 9.62 Å². The molecular formula is C30H30F3N3O5S2. The van der Waals surface area contributed by atoms with Crippen molar-refractivity contribution in [2.45, 2.75) is 52.4 Å². The number of nitrogens with one attached hydrogen (secondary N) is 1. The lowest BCUT2D eigenvalue weighted by Crippen LogP contribution is -2.48. The molecule has 2 unspecified atom stereocenters. The van der Waals surface area contributed by atoms with Crippen molar-refractivity contribution in [3.8, 4) is 11.1 Å². The first-order chi connectivity index (χ1) is 20.0. The molecule has 1 heterocycles. The average molecular weight is 634 g/mol. The van der Waals surface area contributed by atoms with Gasteiger partial charge in [0.25, 0.3) is 17.2 Å². The standard InChI is InChI=1S/C30H30F3N3O5S2/c1-17(2)25(28(38)41-29(3,4)5)36(43(39)40)22-13-8-19(9-14-22)18-6-11-21(12-7-18)34-26(37)27-35-23-16-20(30(31,32)33)10-15-24(23)42-27/h6-17,25H,1-5H3,(H,34,37)(H,39,40). The van der Waals surface area contributed by atoms with Gasteiger partial charge in [0.05, 0.1) is 21.5 Å². The molecule has 0 saturated heterocycles. The number of hydrogen-bond donors (Lipinski definition) is 2. The maximum Gasteiger partial charge on any atom is 0.416 e. The van der Waals surface area contributed by atoms with Crippen LogP contribution >= 0.6 is 11.3 Å². The molecule has 0 bridgehead atoms. The molecular weight excluding hydrogens is 603 g/mol. The number of thiazole rings is 1. The molecule has 13 heteroatoms. The summed E-state index contributed by atoms with van der Waals surface area (Å²) < 4.78 is 68.5. The van der Waals surface area contributed by atoms with E-state index in [9.17, 15) is 31.5 Å². The number of aromatic nitrogens is 1. The largest absolute Gasteiger partial charge is 0.458 e. The van der Waals surface area contributed by atoms with Crippen LogP contribution in [0.25, 0.3) is 21.3 Å². The van der Waals surface area contributed by atoms with E-state index < -0.39 is 46.5 Å². The van der Waals surface area contributed by atoms with Gasteiger partial charge in [-0.15, -0.1) is 11.3 Å². The van der Waals surface area contributed by atoms with Crippen molar-refractivity contribution in [2.24, 2.45) is 5.92 Å². The Hall–Kier alpha value is -3.81. The molecule has 0 saturated carbocycles. The van der Waals surface area contributed by atoms with Crippen molar-refractivity contribution < 1.29 is 36.3 Å². The third kappa shape index (κ3) is 7.78. The van der Waals surface area contributed by atoms with E-state index in [-0.39, 0.29) is 16.4 Å². The third-order valence-corrected chi connectivity index (χ3v) is 8.02. The van der Waals surface area contributed by atoms with Gasteiger partial charge in [0, 0.05) is 5.69 Å². The number of amides is 1. The topological polar surface area (TPSA) is 109 Å². The van der Waals surface area contributed by atoms with E-state index >= 15 is 0 Å². The average Bonchev–Trinajstić information content (AvgIpc) is 3.34. The van der Waals surface area contributed by atoms with Crippen molar-refractivity contribution in [3.05, 3.63) is 77.3 Å². The van der Waals surface area contributed by atoms with Crippen molar-refractivity contribution in [1.29, 1.82) is 0 Å². The molecule has 4 rings (SSSR count).